The van der Waals surface area contributed by atoms with Crippen LogP contribution >= 0.6 is 0 Å². The van der Waals surface area contributed by atoms with Crippen LogP contribution in [0, 0.1) is 6.92 Å². The first-order valence-corrected chi connectivity index (χ1v) is 5.69. The van der Waals surface area contributed by atoms with E-state index in [2.05, 4.69) is 25.1 Å². The maximum Gasteiger partial charge on any atom is 0.169 e. The van der Waals surface area contributed by atoms with Crippen molar-refractivity contribution in [3.05, 3.63) is 54.4 Å². The van der Waals surface area contributed by atoms with E-state index in [1.54, 1.807) is 0 Å². The molecule has 0 aliphatic heterocycles. The van der Waals surface area contributed by atoms with Crippen LogP contribution in [0.1, 0.15) is 5.56 Å². The summed E-state index contributed by atoms with van der Waals surface area (Å²) in [7, 11) is 2.01. The Morgan fingerprint density at radius 2 is 1.71 bits per heavy atom. The largest absolute Gasteiger partial charge is 0.456 e. The van der Waals surface area contributed by atoms with Crippen molar-refractivity contribution >= 4 is 11.0 Å². The number of para-hydroxylation sites is 1. The number of fused-ring (bicyclic) bond motifs is 1. The zero-order valence-electron chi connectivity index (χ0n) is 9.97. The molecule has 0 saturated carbocycles. The Balaban J connectivity index is 2.24. The smallest absolute Gasteiger partial charge is 0.169 e. The van der Waals surface area contributed by atoms with Gasteiger partial charge < -0.3 is 4.42 Å². The first kappa shape index (κ1) is 10.1. The number of hydrogen-bond donors (Lipinski definition) is 0. The number of aryl methyl sites for hydroxylation is 2. The number of furan rings is 1. The van der Waals surface area contributed by atoms with Crippen LogP contribution in [-0.2, 0) is 7.05 Å². The van der Waals surface area contributed by atoms with Gasteiger partial charge >= 0.3 is 0 Å². The molecule has 3 aromatic rings. The molecular formula is C15H14NO+. The van der Waals surface area contributed by atoms with Crippen molar-refractivity contribution in [3.63, 3.8) is 0 Å². The molecule has 0 spiro atoms. The molecule has 0 amide bonds. The fourth-order valence-corrected chi connectivity index (χ4v) is 2.10. The molecule has 0 N–H and O–H groups in total. The van der Waals surface area contributed by atoms with Gasteiger partial charge in [0.2, 0.25) is 0 Å². The first-order chi connectivity index (χ1) is 8.25. The zero-order valence-corrected chi connectivity index (χ0v) is 9.97. The number of hydrogen-bond acceptors (Lipinski definition) is 1. The van der Waals surface area contributed by atoms with E-state index >= 15 is 0 Å². The van der Waals surface area contributed by atoms with Gasteiger partial charge in [0.1, 0.15) is 18.4 Å². The number of aromatic nitrogens is 1. The molecule has 0 atom stereocenters. The van der Waals surface area contributed by atoms with E-state index in [4.69, 9.17) is 4.42 Å². The van der Waals surface area contributed by atoms with Gasteiger partial charge in [0.15, 0.2) is 12.4 Å². The Morgan fingerprint density at radius 1 is 1.00 bits per heavy atom. The average molecular weight is 224 g/mol. The highest BCUT2D eigenvalue weighted by molar-refractivity contribution is 5.87. The maximum absolute atomic E-state index is 5.92. The molecule has 0 fully saturated rings. The summed E-state index contributed by atoms with van der Waals surface area (Å²) in [6.07, 6.45) is 4.06. The maximum atomic E-state index is 5.92. The fraction of sp³-hybridized carbons (Fsp3) is 0.133. The van der Waals surface area contributed by atoms with Gasteiger partial charge in [-0.15, -0.1) is 0 Å². The van der Waals surface area contributed by atoms with E-state index in [1.807, 2.05) is 42.2 Å². The molecule has 2 aromatic heterocycles. The van der Waals surface area contributed by atoms with E-state index in [-0.39, 0.29) is 0 Å². The number of benzene rings is 1. The number of nitrogens with zero attached hydrogens (tertiary/aromatic N) is 1. The van der Waals surface area contributed by atoms with Crippen molar-refractivity contribution in [2.45, 2.75) is 6.92 Å². The first-order valence-electron chi connectivity index (χ1n) is 5.69. The summed E-state index contributed by atoms with van der Waals surface area (Å²) >= 11 is 0. The van der Waals surface area contributed by atoms with Gasteiger partial charge in [-0.2, -0.15) is 0 Å². The van der Waals surface area contributed by atoms with E-state index in [0.717, 1.165) is 16.9 Å². The van der Waals surface area contributed by atoms with Gasteiger partial charge in [-0.3, -0.25) is 0 Å². The fourth-order valence-electron chi connectivity index (χ4n) is 2.10. The van der Waals surface area contributed by atoms with E-state index in [0.29, 0.717) is 0 Å². The second kappa shape index (κ2) is 3.74. The van der Waals surface area contributed by atoms with Crippen molar-refractivity contribution in [1.82, 2.24) is 0 Å². The molecule has 0 saturated heterocycles. The lowest BCUT2D eigenvalue weighted by atomic mass is 10.1. The molecule has 17 heavy (non-hydrogen) atoms. The van der Waals surface area contributed by atoms with Crippen molar-refractivity contribution in [1.29, 1.82) is 0 Å². The lowest BCUT2D eigenvalue weighted by Gasteiger charge is -1.96. The molecule has 0 aliphatic carbocycles. The molecular weight excluding hydrogens is 210 g/mol. The molecule has 0 radical (unpaired) electrons. The summed E-state index contributed by atoms with van der Waals surface area (Å²) in [6.45, 7) is 2.11. The van der Waals surface area contributed by atoms with Crippen molar-refractivity contribution in [2.24, 2.45) is 7.05 Å². The second-order valence-corrected chi connectivity index (χ2v) is 4.30. The Kier molecular flexibility index (Phi) is 2.22. The van der Waals surface area contributed by atoms with Crippen LogP contribution in [-0.4, -0.2) is 0 Å². The quantitative estimate of drug-likeness (QED) is 0.580. The molecule has 1 aromatic carbocycles. The van der Waals surface area contributed by atoms with Gasteiger partial charge in [0.05, 0.1) is 0 Å². The highest BCUT2D eigenvalue weighted by Gasteiger charge is 2.12. The molecule has 2 nitrogen and oxygen atoms in total. The normalized spacial score (nSPS) is 10.9. The third kappa shape index (κ3) is 1.62. The predicted molar refractivity (Wildman–Crippen MR) is 67.6 cm³/mol. The van der Waals surface area contributed by atoms with E-state index in [9.17, 15) is 0 Å². The Labute approximate surface area is 100 Å². The summed E-state index contributed by atoms with van der Waals surface area (Å²) in [5.41, 5.74) is 3.28. The number of rotatable bonds is 1. The summed E-state index contributed by atoms with van der Waals surface area (Å²) < 4.78 is 7.93. The Hall–Kier alpha value is -2.09. The highest BCUT2D eigenvalue weighted by atomic mass is 16.3. The monoisotopic (exact) mass is 224 g/mol. The van der Waals surface area contributed by atoms with Crippen LogP contribution < -0.4 is 4.57 Å². The predicted octanol–water partition coefficient (Wildman–Crippen LogP) is 3.23. The van der Waals surface area contributed by atoms with Gasteiger partial charge in [-0.05, 0) is 13.0 Å². The molecule has 2 heterocycles. The molecule has 3 rings (SSSR count). The van der Waals surface area contributed by atoms with Crippen LogP contribution in [0.5, 0.6) is 0 Å². The minimum Gasteiger partial charge on any atom is -0.456 e. The molecule has 0 unspecified atom stereocenters. The minimum atomic E-state index is 0.952. The van der Waals surface area contributed by atoms with Crippen LogP contribution in [0.4, 0.5) is 0 Å². The third-order valence-corrected chi connectivity index (χ3v) is 3.08. The highest BCUT2D eigenvalue weighted by Crippen LogP contribution is 2.32. The van der Waals surface area contributed by atoms with Gasteiger partial charge in [0.25, 0.3) is 0 Å². The Morgan fingerprint density at radius 3 is 2.41 bits per heavy atom. The average Bonchev–Trinajstić information content (AvgIpc) is 2.69. The molecule has 0 bridgehead atoms. The lowest BCUT2D eigenvalue weighted by Crippen LogP contribution is -2.25. The van der Waals surface area contributed by atoms with Crippen LogP contribution in [0.3, 0.4) is 0 Å². The van der Waals surface area contributed by atoms with Crippen molar-refractivity contribution in [3.8, 4) is 11.3 Å². The summed E-state index contributed by atoms with van der Waals surface area (Å²) in [6, 6.07) is 12.3. The van der Waals surface area contributed by atoms with Crippen molar-refractivity contribution < 1.29 is 8.98 Å². The van der Waals surface area contributed by atoms with Crippen LogP contribution in [0.2, 0.25) is 0 Å². The zero-order chi connectivity index (χ0) is 11.8. The van der Waals surface area contributed by atoms with Crippen LogP contribution in [0.25, 0.3) is 22.3 Å². The number of pyridine rings is 1. The van der Waals surface area contributed by atoms with E-state index in [1.165, 1.54) is 10.9 Å². The van der Waals surface area contributed by atoms with Gasteiger partial charge in [-0.25, -0.2) is 4.57 Å². The summed E-state index contributed by atoms with van der Waals surface area (Å²) in [5, 5.41) is 1.19. The summed E-state index contributed by atoms with van der Waals surface area (Å²) in [5.74, 6) is 0.965. The van der Waals surface area contributed by atoms with Gasteiger partial charge in [-0.1, -0.05) is 18.2 Å². The summed E-state index contributed by atoms with van der Waals surface area (Å²) in [4.78, 5) is 0. The minimum absolute atomic E-state index is 0.952. The van der Waals surface area contributed by atoms with E-state index < -0.39 is 0 Å². The lowest BCUT2D eigenvalue weighted by molar-refractivity contribution is -0.671. The molecule has 84 valence electrons. The third-order valence-electron chi connectivity index (χ3n) is 3.08. The van der Waals surface area contributed by atoms with Crippen molar-refractivity contribution in [2.75, 3.05) is 0 Å². The Bertz CT molecular complexity index is 665. The standard InChI is InChI=1S/C15H14NO/c1-11-13-5-3-4-6-14(13)17-15(11)12-7-9-16(2)10-8-12/h3-10H,1-2H3/q+1. The topological polar surface area (TPSA) is 17.0 Å². The molecule has 0 aliphatic rings. The van der Waals surface area contributed by atoms with Gasteiger partial charge in [0, 0.05) is 28.6 Å². The molecule has 2 heteroatoms. The van der Waals surface area contributed by atoms with Crippen LogP contribution in [0.15, 0.2) is 53.2 Å². The SMILES string of the molecule is Cc1c(-c2cc[n+](C)cc2)oc2ccccc12. The second-order valence-electron chi connectivity index (χ2n) is 4.30.